The summed E-state index contributed by atoms with van der Waals surface area (Å²) >= 11 is 6.41. The smallest absolute Gasteiger partial charge is 0.344 e. The highest BCUT2D eigenvalue weighted by molar-refractivity contribution is 6.34. The fourth-order valence-corrected chi connectivity index (χ4v) is 6.93. The van der Waals surface area contributed by atoms with Gasteiger partial charge in [0.05, 0.1) is 10.6 Å². The first-order valence-electron chi connectivity index (χ1n) is 11.9. The van der Waals surface area contributed by atoms with Gasteiger partial charge in [-0.05, 0) is 104 Å². The van der Waals surface area contributed by atoms with Gasteiger partial charge in [0.25, 0.3) is 5.91 Å². The molecule has 1 atom stereocenters. The van der Waals surface area contributed by atoms with Crippen LogP contribution in [0.2, 0.25) is 5.02 Å². The van der Waals surface area contributed by atoms with Gasteiger partial charge in [0, 0.05) is 6.54 Å². The van der Waals surface area contributed by atoms with E-state index in [1.165, 1.54) is 45.4 Å². The van der Waals surface area contributed by atoms with Crippen LogP contribution in [-0.4, -0.2) is 29.6 Å². The molecule has 4 saturated carbocycles. The topological polar surface area (TPSA) is 75.6 Å². The zero-order valence-corrected chi connectivity index (χ0v) is 19.6. The summed E-state index contributed by atoms with van der Waals surface area (Å²) in [5.41, 5.74) is 2.53. The monoisotopic (exact) mass is 467 g/mol. The van der Waals surface area contributed by atoms with E-state index in [4.69, 9.17) is 21.4 Å². The van der Waals surface area contributed by atoms with E-state index in [0.29, 0.717) is 16.3 Å². The predicted octanol–water partition coefficient (Wildman–Crippen LogP) is 5.81. The molecule has 0 radical (unpaired) electrons. The Morgan fingerprint density at radius 3 is 2.18 bits per heavy atom. The molecule has 4 bridgehead atoms. The number of carboxylic acids is 1. The lowest BCUT2D eigenvalue weighted by atomic mass is 9.49. The van der Waals surface area contributed by atoms with Crippen molar-refractivity contribution in [3.8, 4) is 16.9 Å². The van der Waals surface area contributed by atoms with Crippen LogP contribution in [-0.2, 0) is 4.79 Å². The number of hydrogen-bond donors (Lipinski definition) is 2. The van der Waals surface area contributed by atoms with Crippen LogP contribution in [0, 0.1) is 23.2 Å². The van der Waals surface area contributed by atoms with E-state index in [1.807, 2.05) is 24.3 Å². The van der Waals surface area contributed by atoms with Gasteiger partial charge in [-0.1, -0.05) is 29.8 Å². The van der Waals surface area contributed by atoms with Crippen molar-refractivity contribution in [2.45, 2.75) is 51.6 Å². The van der Waals surface area contributed by atoms with Crippen molar-refractivity contribution in [3.63, 3.8) is 0 Å². The summed E-state index contributed by atoms with van der Waals surface area (Å²) in [5, 5.41) is 12.7. The van der Waals surface area contributed by atoms with E-state index in [1.54, 1.807) is 18.2 Å². The van der Waals surface area contributed by atoms with Gasteiger partial charge in [0.15, 0.2) is 6.10 Å². The second-order valence-electron chi connectivity index (χ2n) is 10.4. The van der Waals surface area contributed by atoms with Gasteiger partial charge in [-0.2, -0.15) is 0 Å². The summed E-state index contributed by atoms with van der Waals surface area (Å²) < 4.78 is 5.40. The van der Waals surface area contributed by atoms with E-state index < -0.39 is 12.1 Å². The predicted molar refractivity (Wildman–Crippen MR) is 128 cm³/mol. The Morgan fingerprint density at radius 1 is 1.03 bits per heavy atom. The van der Waals surface area contributed by atoms with E-state index in [0.717, 1.165) is 35.4 Å². The molecule has 33 heavy (non-hydrogen) atoms. The Bertz CT molecular complexity index is 1030. The van der Waals surface area contributed by atoms with E-state index >= 15 is 0 Å². The molecule has 1 amide bonds. The second-order valence-corrected chi connectivity index (χ2v) is 10.8. The van der Waals surface area contributed by atoms with Crippen LogP contribution in [0.1, 0.15) is 55.8 Å². The van der Waals surface area contributed by atoms with Crippen molar-refractivity contribution >= 4 is 23.5 Å². The minimum Gasteiger partial charge on any atom is -0.479 e. The molecule has 5 nitrogen and oxygen atoms in total. The van der Waals surface area contributed by atoms with Crippen LogP contribution in [0.3, 0.4) is 0 Å². The summed E-state index contributed by atoms with van der Waals surface area (Å²) in [6, 6.07) is 12.6. The van der Waals surface area contributed by atoms with Crippen molar-refractivity contribution in [1.29, 1.82) is 0 Å². The third kappa shape index (κ3) is 4.61. The maximum atomic E-state index is 13.1. The molecule has 4 fully saturated rings. The quantitative estimate of drug-likeness (QED) is 0.539. The highest BCUT2D eigenvalue weighted by Gasteiger charge is 2.50. The maximum Gasteiger partial charge on any atom is 0.344 e. The fraction of sp³-hybridized carbons (Fsp3) is 0.481. The second kappa shape index (κ2) is 8.68. The Balaban J connectivity index is 1.28. The zero-order chi connectivity index (χ0) is 23.2. The number of rotatable bonds is 7. The highest BCUT2D eigenvalue weighted by Crippen LogP contribution is 2.59. The lowest BCUT2D eigenvalue weighted by Gasteiger charge is -2.56. The van der Waals surface area contributed by atoms with Crippen molar-refractivity contribution in [2.75, 3.05) is 6.54 Å². The average Bonchev–Trinajstić information content (AvgIpc) is 2.77. The summed E-state index contributed by atoms with van der Waals surface area (Å²) in [6.07, 6.45) is 7.00. The standard InChI is InChI=1S/C27H30ClNO4/c1-16(26(31)32)33-22-5-2-20(3-6-22)21-4-7-24(28)23(11-21)25(30)29-15-27-12-17-8-18(13-27)10-19(9-17)14-27/h2-7,11,16-19H,8-10,12-15H2,1H3,(H,29,30)(H,31,32)/t16-,17?,18?,19?,27?/m0/s1. The lowest BCUT2D eigenvalue weighted by molar-refractivity contribution is -0.144. The third-order valence-corrected chi connectivity index (χ3v) is 8.18. The molecule has 2 aromatic carbocycles. The Kier molecular flexibility index (Phi) is 5.86. The van der Waals surface area contributed by atoms with Crippen molar-refractivity contribution < 1.29 is 19.4 Å². The van der Waals surface area contributed by atoms with Crippen LogP contribution in [0.4, 0.5) is 0 Å². The van der Waals surface area contributed by atoms with Gasteiger partial charge in [-0.15, -0.1) is 0 Å². The Morgan fingerprint density at radius 2 is 1.61 bits per heavy atom. The molecule has 174 valence electrons. The molecule has 6 rings (SSSR count). The lowest BCUT2D eigenvalue weighted by Crippen LogP contribution is -2.51. The van der Waals surface area contributed by atoms with Gasteiger partial charge >= 0.3 is 5.97 Å². The first-order valence-corrected chi connectivity index (χ1v) is 12.3. The minimum absolute atomic E-state index is 0.118. The summed E-state index contributed by atoms with van der Waals surface area (Å²) in [4.78, 5) is 24.1. The molecule has 0 saturated heterocycles. The number of amides is 1. The van der Waals surface area contributed by atoms with Gasteiger partial charge in [0.2, 0.25) is 0 Å². The normalized spacial score (nSPS) is 28.4. The summed E-state index contributed by atoms with van der Waals surface area (Å²) in [7, 11) is 0. The number of ether oxygens (including phenoxy) is 1. The van der Waals surface area contributed by atoms with Crippen LogP contribution in [0.15, 0.2) is 42.5 Å². The number of aliphatic carboxylic acids is 1. The van der Waals surface area contributed by atoms with E-state index in [9.17, 15) is 9.59 Å². The SMILES string of the molecule is C[C@H](Oc1ccc(-c2ccc(Cl)c(C(=O)NCC34CC5CC(CC(C5)C3)C4)c2)cc1)C(=O)O. The maximum absolute atomic E-state index is 13.1. The molecular formula is C27H30ClNO4. The summed E-state index contributed by atoms with van der Waals surface area (Å²) in [6.45, 7) is 2.23. The van der Waals surface area contributed by atoms with Crippen molar-refractivity contribution in [1.82, 2.24) is 5.32 Å². The van der Waals surface area contributed by atoms with Crippen molar-refractivity contribution in [2.24, 2.45) is 23.2 Å². The molecule has 2 N–H and O–H groups in total. The number of hydrogen-bond acceptors (Lipinski definition) is 3. The number of nitrogens with one attached hydrogen (secondary N) is 1. The van der Waals surface area contributed by atoms with Crippen LogP contribution < -0.4 is 10.1 Å². The van der Waals surface area contributed by atoms with Crippen molar-refractivity contribution in [3.05, 3.63) is 53.1 Å². The van der Waals surface area contributed by atoms with Gasteiger partial charge < -0.3 is 15.2 Å². The number of benzene rings is 2. The molecule has 4 aliphatic rings. The number of halogens is 1. The minimum atomic E-state index is -1.01. The highest BCUT2D eigenvalue weighted by atomic mass is 35.5. The molecular weight excluding hydrogens is 438 g/mol. The third-order valence-electron chi connectivity index (χ3n) is 7.85. The van der Waals surface area contributed by atoms with Crippen LogP contribution >= 0.6 is 11.6 Å². The average molecular weight is 468 g/mol. The first kappa shape index (κ1) is 22.3. The Labute approximate surface area is 199 Å². The number of carbonyl (C=O) groups excluding carboxylic acids is 1. The first-order chi connectivity index (χ1) is 15.8. The molecule has 0 aliphatic heterocycles. The molecule has 2 aromatic rings. The van der Waals surface area contributed by atoms with Gasteiger partial charge in [0.1, 0.15) is 5.75 Å². The van der Waals surface area contributed by atoms with E-state index in [2.05, 4.69) is 5.32 Å². The van der Waals surface area contributed by atoms with Gasteiger partial charge in [-0.25, -0.2) is 4.79 Å². The Hall–Kier alpha value is -2.53. The number of carbonyl (C=O) groups is 2. The molecule has 4 aliphatic carbocycles. The summed E-state index contributed by atoms with van der Waals surface area (Å²) in [5.74, 6) is 1.91. The molecule has 0 aromatic heterocycles. The molecule has 0 heterocycles. The van der Waals surface area contributed by atoms with Gasteiger partial charge in [-0.3, -0.25) is 4.79 Å². The van der Waals surface area contributed by atoms with E-state index in [-0.39, 0.29) is 11.3 Å². The zero-order valence-electron chi connectivity index (χ0n) is 18.9. The molecule has 0 spiro atoms. The fourth-order valence-electron chi connectivity index (χ4n) is 6.73. The largest absolute Gasteiger partial charge is 0.479 e. The number of carboxylic acid groups (broad SMARTS) is 1. The molecule has 6 heteroatoms. The van der Waals surface area contributed by atoms with Crippen LogP contribution in [0.5, 0.6) is 5.75 Å². The molecule has 0 unspecified atom stereocenters. The van der Waals surface area contributed by atoms with Crippen LogP contribution in [0.25, 0.3) is 11.1 Å².